The normalized spacial score (nSPS) is 42.4. The van der Waals surface area contributed by atoms with Crippen molar-refractivity contribution in [3.63, 3.8) is 0 Å². The minimum Gasteiger partial charge on any atom is -0.550 e. The van der Waals surface area contributed by atoms with Crippen LogP contribution in [0.15, 0.2) is 0 Å². The third-order valence-electron chi connectivity index (χ3n) is 3.35. The van der Waals surface area contributed by atoms with E-state index in [1.165, 1.54) is 12.8 Å². The molecule has 0 heterocycles. The Balaban J connectivity index is 2.08. The van der Waals surface area contributed by atoms with E-state index in [9.17, 15) is 9.90 Å². The van der Waals surface area contributed by atoms with E-state index in [0.717, 1.165) is 19.3 Å². The van der Waals surface area contributed by atoms with Crippen LogP contribution in [0.3, 0.4) is 0 Å². The Hall–Kier alpha value is -0.530. The van der Waals surface area contributed by atoms with Crippen molar-refractivity contribution < 1.29 is 9.90 Å². The minimum absolute atomic E-state index is 0.109. The number of aliphatic carboxylic acids is 1. The molecule has 3 aliphatic rings. The highest BCUT2D eigenvalue weighted by atomic mass is 16.4. The molecule has 1 atom stereocenters. The molecule has 3 rings (SSSR count). The van der Waals surface area contributed by atoms with E-state index in [0.29, 0.717) is 11.8 Å². The molecule has 0 saturated heterocycles. The summed E-state index contributed by atoms with van der Waals surface area (Å²) < 4.78 is 0. The Kier molecular flexibility index (Phi) is 1.63. The molecule has 62 valence electrons. The van der Waals surface area contributed by atoms with Crippen LogP contribution in [0, 0.1) is 17.8 Å². The number of rotatable bonds is 1. The van der Waals surface area contributed by atoms with Crippen molar-refractivity contribution in [2.45, 2.75) is 32.1 Å². The lowest BCUT2D eigenvalue weighted by Gasteiger charge is -2.42. The fourth-order valence-electron chi connectivity index (χ4n) is 2.67. The predicted octanol–water partition coefficient (Wildman–Crippen LogP) is 0.563. The van der Waals surface area contributed by atoms with Gasteiger partial charge in [-0.25, -0.2) is 0 Å². The van der Waals surface area contributed by atoms with Gasteiger partial charge in [0, 0.05) is 11.9 Å². The van der Waals surface area contributed by atoms with Crippen molar-refractivity contribution in [1.29, 1.82) is 0 Å². The number of hydrogen-bond acceptors (Lipinski definition) is 2. The lowest BCUT2D eigenvalue weighted by atomic mass is 9.65. The average Bonchev–Trinajstić information content (AvgIpc) is 2.06. The largest absolute Gasteiger partial charge is 0.550 e. The van der Waals surface area contributed by atoms with Gasteiger partial charge in [-0.3, -0.25) is 0 Å². The van der Waals surface area contributed by atoms with Crippen molar-refractivity contribution in [3.05, 3.63) is 0 Å². The summed E-state index contributed by atoms with van der Waals surface area (Å²) in [7, 11) is 0. The molecule has 3 fully saturated rings. The first-order valence-corrected chi connectivity index (χ1v) is 4.48. The topological polar surface area (TPSA) is 40.1 Å². The van der Waals surface area contributed by atoms with E-state index in [4.69, 9.17) is 0 Å². The summed E-state index contributed by atoms with van der Waals surface area (Å²) in [6, 6.07) is 0. The van der Waals surface area contributed by atoms with Crippen LogP contribution in [-0.4, -0.2) is 5.97 Å². The molecule has 0 aliphatic heterocycles. The summed E-state index contributed by atoms with van der Waals surface area (Å²) in [6.45, 7) is 0. The Morgan fingerprint density at radius 3 is 2.09 bits per heavy atom. The first-order chi connectivity index (χ1) is 5.27. The molecule has 0 radical (unpaired) electrons. The van der Waals surface area contributed by atoms with Gasteiger partial charge in [-0.2, -0.15) is 0 Å². The van der Waals surface area contributed by atoms with Crippen molar-refractivity contribution in [2.24, 2.45) is 17.8 Å². The lowest BCUT2D eigenvalue weighted by Crippen LogP contribution is -2.42. The highest BCUT2D eigenvalue weighted by molar-refractivity contribution is 5.68. The molecule has 0 unspecified atom stereocenters. The van der Waals surface area contributed by atoms with E-state index < -0.39 is 5.97 Å². The number of hydrogen-bond donors (Lipinski definition) is 0. The molecule has 0 amide bonds. The van der Waals surface area contributed by atoms with E-state index >= 15 is 0 Å². The fourth-order valence-corrected chi connectivity index (χ4v) is 2.67. The quantitative estimate of drug-likeness (QED) is 0.552. The van der Waals surface area contributed by atoms with E-state index in [1.54, 1.807) is 0 Å². The minimum atomic E-state index is -0.806. The number of carbonyl (C=O) groups excluding carboxylic acids is 1. The van der Waals surface area contributed by atoms with Crippen LogP contribution in [0.4, 0.5) is 0 Å². The van der Waals surface area contributed by atoms with Crippen molar-refractivity contribution in [3.8, 4) is 0 Å². The molecule has 2 nitrogen and oxygen atoms in total. The summed E-state index contributed by atoms with van der Waals surface area (Å²) in [5, 5.41) is 10.6. The zero-order valence-corrected chi connectivity index (χ0v) is 6.58. The van der Waals surface area contributed by atoms with E-state index in [2.05, 4.69) is 0 Å². The van der Waals surface area contributed by atoms with Crippen LogP contribution in [-0.2, 0) is 4.79 Å². The predicted molar refractivity (Wildman–Crippen MR) is 38.6 cm³/mol. The van der Waals surface area contributed by atoms with Crippen molar-refractivity contribution in [2.75, 3.05) is 0 Å². The second-order valence-electron chi connectivity index (χ2n) is 3.94. The molecule has 0 spiro atoms. The van der Waals surface area contributed by atoms with Crippen LogP contribution < -0.4 is 5.11 Å². The smallest absolute Gasteiger partial charge is 0.0448 e. The Labute approximate surface area is 66.6 Å². The highest BCUT2D eigenvalue weighted by Gasteiger charge is 2.35. The maximum absolute atomic E-state index is 10.6. The summed E-state index contributed by atoms with van der Waals surface area (Å²) in [4.78, 5) is 10.6. The molecule has 2 heteroatoms. The van der Waals surface area contributed by atoms with Gasteiger partial charge in [0.25, 0.3) is 0 Å². The number of fused-ring (bicyclic) bond motifs is 3. The Bertz CT molecular complexity index is 168. The van der Waals surface area contributed by atoms with E-state index in [1.807, 2.05) is 0 Å². The summed E-state index contributed by atoms with van der Waals surface area (Å²) in [5.74, 6) is 0.231. The van der Waals surface area contributed by atoms with Gasteiger partial charge in [-0.15, -0.1) is 0 Å². The lowest BCUT2D eigenvalue weighted by molar-refractivity contribution is -0.315. The van der Waals surface area contributed by atoms with Crippen molar-refractivity contribution >= 4 is 5.97 Å². The van der Waals surface area contributed by atoms with Gasteiger partial charge in [-0.1, -0.05) is 12.8 Å². The average molecular weight is 153 g/mol. The Morgan fingerprint density at radius 2 is 1.82 bits per heavy atom. The molecule has 0 aromatic rings. The summed E-state index contributed by atoms with van der Waals surface area (Å²) in [5.41, 5.74) is 0. The van der Waals surface area contributed by atoms with Crippen LogP contribution in [0.25, 0.3) is 0 Å². The first-order valence-electron chi connectivity index (χ1n) is 4.48. The van der Waals surface area contributed by atoms with Gasteiger partial charge in [0.05, 0.1) is 0 Å². The maximum atomic E-state index is 10.6. The van der Waals surface area contributed by atoms with Gasteiger partial charge >= 0.3 is 0 Å². The highest BCUT2D eigenvalue weighted by Crippen LogP contribution is 2.44. The Morgan fingerprint density at radius 1 is 1.18 bits per heavy atom. The summed E-state index contributed by atoms with van der Waals surface area (Å²) >= 11 is 0. The second kappa shape index (κ2) is 2.50. The van der Waals surface area contributed by atoms with Gasteiger partial charge in [-0.05, 0) is 31.1 Å². The SMILES string of the molecule is O=C([O-])[C@@H]1CC2CCC1CC2. The standard InChI is InChI=1S/C9H14O2/c10-9(11)8-5-6-1-3-7(8)4-2-6/h6-8H,1-5H2,(H,10,11)/p-1/t6?,7?,8-/m1/s1. The number of carboxylic acid groups (broad SMARTS) is 1. The van der Waals surface area contributed by atoms with Crippen molar-refractivity contribution in [1.82, 2.24) is 0 Å². The third-order valence-corrected chi connectivity index (χ3v) is 3.35. The van der Waals surface area contributed by atoms with Gasteiger partial charge in [0.15, 0.2) is 0 Å². The van der Waals surface area contributed by atoms with Crippen LogP contribution in [0.5, 0.6) is 0 Å². The van der Waals surface area contributed by atoms with Gasteiger partial charge in [0.2, 0.25) is 0 Å². The molecule has 2 bridgehead atoms. The molecule has 0 aromatic carbocycles. The fraction of sp³-hybridized carbons (Fsp3) is 0.889. The maximum Gasteiger partial charge on any atom is 0.0448 e. The number of carbonyl (C=O) groups is 1. The third kappa shape index (κ3) is 1.15. The van der Waals surface area contributed by atoms with Crippen LogP contribution in [0.2, 0.25) is 0 Å². The zero-order chi connectivity index (χ0) is 7.84. The molecule has 0 N–H and O–H groups in total. The monoisotopic (exact) mass is 153 g/mol. The van der Waals surface area contributed by atoms with Crippen LogP contribution in [0.1, 0.15) is 32.1 Å². The van der Waals surface area contributed by atoms with Crippen LogP contribution >= 0.6 is 0 Å². The first kappa shape index (κ1) is 7.14. The zero-order valence-electron chi connectivity index (χ0n) is 6.58. The molecular weight excluding hydrogens is 140 g/mol. The van der Waals surface area contributed by atoms with Gasteiger partial charge < -0.3 is 9.90 Å². The molecule has 0 aromatic heterocycles. The molecule has 11 heavy (non-hydrogen) atoms. The molecule has 3 saturated carbocycles. The van der Waals surface area contributed by atoms with E-state index in [-0.39, 0.29) is 5.92 Å². The molecule has 3 aliphatic carbocycles. The molecular formula is C9H13O2-. The summed E-state index contributed by atoms with van der Waals surface area (Å²) in [6.07, 6.45) is 5.67. The number of carboxylic acids is 1. The van der Waals surface area contributed by atoms with Gasteiger partial charge in [0.1, 0.15) is 0 Å². The second-order valence-corrected chi connectivity index (χ2v) is 3.94.